The van der Waals surface area contributed by atoms with Crippen LogP contribution in [0, 0.1) is 17.2 Å². The topological polar surface area (TPSA) is 76.9 Å². The second kappa shape index (κ2) is 9.10. The maximum absolute atomic E-state index is 13.6. The van der Waals surface area contributed by atoms with E-state index in [0.717, 1.165) is 38.5 Å². The van der Waals surface area contributed by atoms with E-state index in [-0.39, 0.29) is 11.8 Å². The minimum absolute atomic E-state index is 0.0496. The predicted octanol–water partition coefficient (Wildman–Crippen LogP) is 4.79. The van der Waals surface area contributed by atoms with E-state index in [1.165, 1.54) is 12.8 Å². The number of anilines is 3. The van der Waals surface area contributed by atoms with Crippen molar-refractivity contribution in [1.29, 1.82) is 5.26 Å². The van der Waals surface area contributed by atoms with Crippen LogP contribution in [0.4, 0.5) is 30.6 Å². The van der Waals surface area contributed by atoms with Gasteiger partial charge in [0.15, 0.2) is 0 Å². The number of fused-ring (bicyclic) bond motifs is 1. The van der Waals surface area contributed by atoms with Crippen molar-refractivity contribution in [3.05, 3.63) is 41.6 Å². The highest BCUT2D eigenvalue weighted by atomic mass is 19.4. The molecule has 4 rings (SSSR count). The molecule has 2 unspecified atom stereocenters. The van der Waals surface area contributed by atoms with Gasteiger partial charge in [-0.2, -0.15) is 23.4 Å². The van der Waals surface area contributed by atoms with Crippen LogP contribution >= 0.6 is 0 Å². The molecule has 0 amide bonds. The van der Waals surface area contributed by atoms with Crippen molar-refractivity contribution in [2.45, 2.75) is 44.3 Å². The maximum Gasteiger partial charge on any atom is 0.421 e. The SMILES string of the molecule is N#Cc1cccc(Nc2ncc(C(F)(F)F)c(NCC3CCCN4CCCCC34)n2)c1. The number of alkyl halides is 3. The Bertz CT molecular complexity index is 953. The van der Waals surface area contributed by atoms with Crippen LogP contribution < -0.4 is 10.6 Å². The first-order valence-electron chi connectivity index (χ1n) is 10.6. The molecule has 2 fully saturated rings. The van der Waals surface area contributed by atoms with E-state index < -0.39 is 11.7 Å². The Balaban J connectivity index is 1.53. The van der Waals surface area contributed by atoms with Gasteiger partial charge in [-0.15, -0.1) is 0 Å². The number of nitriles is 1. The summed E-state index contributed by atoms with van der Waals surface area (Å²) in [7, 11) is 0. The molecule has 6 nitrogen and oxygen atoms in total. The molecule has 0 saturated carbocycles. The first kappa shape index (κ1) is 21.4. The lowest BCUT2D eigenvalue weighted by molar-refractivity contribution is -0.137. The third-order valence-electron chi connectivity index (χ3n) is 6.10. The third kappa shape index (κ3) is 5.07. The van der Waals surface area contributed by atoms with Gasteiger partial charge in [-0.25, -0.2) is 4.98 Å². The van der Waals surface area contributed by atoms with Crippen LogP contribution in [0.1, 0.15) is 43.2 Å². The number of halogens is 3. The lowest BCUT2D eigenvalue weighted by Crippen LogP contribution is -2.49. The molecule has 0 aliphatic carbocycles. The first-order valence-corrected chi connectivity index (χ1v) is 10.6. The minimum Gasteiger partial charge on any atom is -0.369 e. The number of rotatable bonds is 5. The molecule has 1 aromatic carbocycles. The van der Waals surface area contributed by atoms with Crippen molar-refractivity contribution in [3.63, 3.8) is 0 Å². The van der Waals surface area contributed by atoms with Crippen molar-refractivity contribution in [2.75, 3.05) is 30.3 Å². The van der Waals surface area contributed by atoms with E-state index in [2.05, 4.69) is 25.5 Å². The fourth-order valence-electron chi connectivity index (χ4n) is 4.62. The highest BCUT2D eigenvalue weighted by Gasteiger charge is 2.37. The molecule has 0 bridgehead atoms. The van der Waals surface area contributed by atoms with Gasteiger partial charge in [-0.3, -0.25) is 0 Å². The summed E-state index contributed by atoms with van der Waals surface area (Å²) in [6.45, 7) is 2.61. The summed E-state index contributed by atoms with van der Waals surface area (Å²) in [4.78, 5) is 10.5. The number of nitrogens with one attached hydrogen (secondary N) is 2. The average molecular weight is 430 g/mol. The summed E-state index contributed by atoms with van der Waals surface area (Å²) in [5.41, 5.74) is 0.0969. The van der Waals surface area contributed by atoms with Gasteiger partial charge in [0, 0.05) is 24.5 Å². The normalized spacial score (nSPS) is 21.7. The zero-order valence-corrected chi connectivity index (χ0v) is 17.1. The second-order valence-electron chi connectivity index (χ2n) is 8.15. The van der Waals surface area contributed by atoms with Crippen LogP contribution in [0.25, 0.3) is 0 Å². The third-order valence-corrected chi connectivity index (χ3v) is 6.10. The molecule has 2 aliphatic rings. The van der Waals surface area contributed by atoms with Crippen molar-refractivity contribution < 1.29 is 13.2 Å². The van der Waals surface area contributed by atoms with Gasteiger partial charge in [-0.1, -0.05) is 12.5 Å². The fraction of sp³-hybridized carbons (Fsp3) is 0.500. The fourth-order valence-corrected chi connectivity index (χ4v) is 4.62. The Morgan fingerprint density at radius 2 is 2.00 bits per heavy atom. The molecule has 0 spiro atoms. The highest BCUT2D eigenvalue weighted by Crippen LogP contribution is 2.35. The summed E-state index contributed by atoms with van der Waals surface area (Å²) in [6.07, 6.45) is 1.81. The average Bonchev–Trinajstić information content (AvgIpc) is 2.77. The molecule has 2 N–H and O–H groups in total. The van der Waals surface area contributed by atoms with E-state index >= 15 is 0 Å². The van der Waals surface area contributed by atoms with Gasteiger partial charge >= 0.3 is 6.18 Å². The summed E-state index contributed by atoms with van der Waals surface area (Å²) in [5, 5.41) is 14.9. The number of piperidine rings is 2. The lowest BCUT2D eigenvalue weighted by atomic mass is 9.83. The Morgan fingerprint density at radius 3 is 2.81 bits per heavy atom. The van der Waals surface area contributed by atoms with Gasteiger partial charge in [0.25, 0.3) is 0 Å². The van der Waals surface area contributed by atoms with Crippen LogP contribution in [0.2, 0.25) is 0 Å². The van der Waals surface area contributed by atoms with Crippen LogP contribution in [-0.2, 0) is 6.18 Å². The Labute approximate surface area is 179 Å². The summed E-state index contributed by atoms with van der Waals surface area (Å²) < 4.78 is 40.7. The van der Waals surface area contributed by atoms with E-state index in [0.29, 0.717) is 29.8 Å². The van der Waals surface area contributed by atoms with Crippen LogP contribution in [-0.4, -0.2) is 40.5 Å². The molecule has 2 aromatic rings. The van der Waals surface area contributed by atoms with E-state index in [4.69, 9.17) is 5.26 Å². The molecule has 1 aromatic heterocycles. The van der Waals surface area contributed by atoms with Crippen molar-refractivity contribution in [3.8, 4) is 6.07 Å². The summed E-state index contributed by atoms with van der Waals surface area (Å²) in [6, 6.07) is 9.08. The zero-order valence-electron chi connectivity index (χ0n) is 17.1. The van der Waals surface area contributed by atoms with Gasteiger partial charge in [0.1, 0.15) is 11.4 Å². The first-order chi connectivity index (χ1) is 14.9. The van der Waals surface area contributed by atoms with E-state index in [9.17, 15) is 13.2 Å². The Morgan fingerprint density at radius 1 is 1.16 bits per heavy atom. The molecular formula is C22H25F3N6. The smallest absolute Gasteiger partial charge is 0.369 e. The Kier molecular flexibility index (Phi) is 6.28. The number of hydrogen-bond donors (Lipinski definition) is 2. The molecule has 31 heavy (non-hydrogen) atoms. The molecular weight excluding hydrogens is 405 g/mol. The summed E-state index contributed by atoms with van der Waals surface area (Å²) >= 11 is 0. The molecule has 2 saturated heterocycles. The number of aromatic nitrogens is 2. The standard InChI is InChI=1S/C22H25F3N6/c23-22(24,25)18-14-28-21(29-17-7-3-5-15(11-17)12-26)30-20(18)27-13-16-6-4-10-31-9-2-1-8-19(16)31/h3,5,7,11,14,16,19H,1-2,4,6,8-10,13H2,(H2,27,28,29,30). The monoisotopic (exact) mass is 430 g/mol. The molecule has 2 aliphatic heterocycles. The Hall–Kier alpha value is -2.86. The van der Waals surface area contributed by atoms with Crippen molar-refractivity contribution in [1.82, 2.24) is 14.9 Å². The van der Waals surface area contributed by atoms with Gasteiger partial charge in [0.05, 0.1) is 11.6 Å². The van der Waals surface area contributed by atoms with Crippen LogP contribution in [0.5, 0.6) is 0 Å². The molecule has 164 valence electrons. The number of benzene rings is 1. The zero-order chi connectivity index (χ0) is 21.8. The maximum atomic E-state index is 13.6. The predicted molar refractivity (Wildman–Crippen MR) is 112 cm³/mol. The number of hydrogen-bond acceptors (Lipinski definition) is 6. The van der Waals surface area contributed by atoms with Crippen molar-refractivity contribution in [2.24, 2.45) is 5.92 Å². The largest absolute Gasteiger partial charge is 0.421 e. The van der Waals surface area contributed by atoms with Crippen LogP contribution in [0.3, 0.4) is 0 Å². The van der Waals surface area contributed by atoms with Gasteiger partial charge in [0.2, 0.25) is 5.95 Å². The van der Waals surface area contributed by atoms with E-state index in [1.807, 2.05) is 6.07 Å². The summed E-state index contributed by atoms with van der Waals surface area (Å²) in [5.74, 6) is 0.136. The molecule has 0 radical (unpaired) electrons. The second-order valence-corrected chi connectivity index (χ2v) is 8.15. The van der Waals surface area contributed by atoms with Gasteiger partial charge in [-0.05, 0) is 62.9 Å². The molecule has 9 heteroatoms. The van der Waals surface area contributed by atoms with Gasteiger partial charge < -0.3 is 15.5 Å². The minimum atomic E-state index is -4.55. The molecule has 3 heterocycles. The van der Waals surface area contributed by atoms with Crippen LogP contribution in [0.15, 0.2) is 30.5 Å². The van der Waals surface area contributed by atoms with Crippen molar-refractivity contribution >= 4 is 17.5 Å². The quantitative estimate of drug-likeness (QED) is 0.711. The number of nitrogens with zero attached hydrogens (tertiary/aromatic N) is 4. The van der Waals surface area contributed by atoms with E-state index in [1.54, 1.807) is 24.3 Å². The molecule has 2 atom stereocenters. The highest BCUT2D eigenvalue weighted by molar-refractivity contribution is 5.58. The lowest BCUT2D eigenvalue weighted by Gasteiger charge is -2.44.